The van der Waals surface area contributed by atoms with Crippen molar-refractivity contribution in [1.82, 2.24) is 5.32 Å². The lowest BCUT2D eigenvalue weighted by Crippen LogP contribution is -2.39. The summed E-state index contributed by atoms with van der Waals surface area (Å²) in [5.74, 6) is 0. The molecule has 1 saturated heterocycles. The minimum absolute atomic E-state index is 0.258. The molecule has 1 rings (SSSR count). The number of ether oxygens (including phenoxy) is 1. The Labute approximate surface area is 64.9 Å². The highest BCUT2D eigenvalue weighted by Crippen LogP contribution is 2.14. The van der Waals surface area contributed by atoms with Gasteiger partial charge in [0, 0.05) is 6.04 Å². The van der Waals surface area contributed by atoms with Gasteiger partial charge in [-0.05, 0) is 26.3 Å². The first-order chi connectivity index (χ1) is 5.18. The molecule has 66 valence electrons. The fourth-order valence-electron chi connectivity index (χ4n) is 1.36. The highest BCUT2D eigenvalue weighted by Gasteiger charge is 2.21. The molecule has 2 nitrogen and oxygen atoms in total. The molecule has 1 heterocycles. The van der Waals surface area contributed by atoms with Crippen molar-refractivity contribution < 1.29 is 13.5 Å². The van der Waals surface area contributed by atoms with E-state index in [2.05, 4.69) is 10.1 Å². The number of piperidine rings is 1. The van der Waals surface area contributed by atoms with Gasteiger partial charge in [-0.15, -0.1) is 0 Å². The second kappa shape index (κ2) is 3.97. The molecule has 0 saturated carbocycles. The first-order valence-electron chi connectivity index (χ1n) is 3.85. The van der Waals surface area contributed by atoms with Crippen LogP contribution in [0.2, 0.25) is 0 Å². The largest absolute Gasteiger partial charge is 0.345 e. The van der Waals surface area contributed by atoms with Crippen LogP contribution in [0, 0.1) is 0 Å². The molecule has 1 N–H and O–H groups in total. The minimum atomic E-state index is -2.62. The topological polar surface area (TPSA) is 21.3 Å². The molecule has 0 amide bonds. The molecule has 1 fully saturated rings. The molecular formula is C7H13F2NO. The highest BCUT2D eigenvalue weighted by atomic mass is 19.3. The van der Waals surface area contributed by atoms with Crippen molar-refractivity contribution >= 4 is 0 Å². The average Bonchev–Trinajstić information content (AvgIpc) is 1.85. The number of nitrogens with one attached hydrogen (secondary N) is 1. The Kier molecular flexibility index (Phi) is 3.20. The Morgan fingerprint density at radius 3 is 2.82 bits per heavy atom. The van der Waals surface area contributed by atoms with E-state index in [4.69, 9.17) is 0 Å². The van der Waals surface area contributed by atoms with Crippen LogP contribution in [0.5, 0.6) is 0 Å². The predicted octanol–water partition coefficient (Wildman–Crippen LogP) is 1.37. The smallest absolute Gasteiger partial charge is 0.320 e. The van der Waals surface area contributed by atoms with Crippen molar-refractivity contribution in [3.8, 4) is 0 Å². The van der Waals surface area contributed by atoms with Gasteiger partial charge in [0.05, 0.1) is 6.10 Å². The molecule has 2 atom stereocenters. The number of hydrogen-bond acceptors (Lipinski definition) is 2. The maximum absolute atomic E-state index is 11.7. The third kappa shape index (κ3) is 3.12. The summed E-state index contributed by atoms with van der Waals surface area (Å²) in [5, 5.41) is 3.16. The summed E-state index contributed by atoms with van der Waals surface area (Å²) in [7, 11) is 0. The number of rotatable bonds is 2. The van der Waals surface area contributed by atoms with Crippen LogP contribution in [0.25, 0.3) is 0 Å². The van der Waals surface area contributed by atoms with Gasteiger partial charge in [0.25, 0.3) is 0 Å². The van der Waals surface area contributed by atoms with E-state index in [0.29, 0.717) is 18.9 Å². The minimum Gasteiger partial charge on any atom is -0.320 e. The van der Waals surface area contributed by atoms with E-state index in [1.165, 1.54) is 0 Å². The molecule has 0 aromatic heterocycles. The van der Waals surface area contributed by atoms with Crippen LogP contribution in [0.3, 0.4) is 0 Å². The lowest BCUT2D eigenvalue weighted by Gasteiger charge is -2.27. The number of alkyl halides is 2. The van der Waals surface area contributed by atoms with Crippen molar-refractivity contribution in [3.63, 3.8) is 0 Å². The lowest BCUT2D eigenvalue weighted by atomic mass is 10.0. The Balaban J connectivity index is 2.23. The molecule has 11 heavy (non-hydrogen) atoms. The summed E-state index contributed by atoms with van der Waals surface area (Å²) in [5.41, 5.74) is 0. The van der Waals surface area contributed by atoms with Crippen molar-refractivity contribution in [2.75, 3.05) is 6.54 Å². The van der Waals surface area contributed by atoms with Gasteiger partial charge in [-0.25, -0.2) is 0 Å². The maximum Gasteiger partial charge on any atom is 0.345 e. The third-order valence-electron chi connectivity index (χ3n) is 1.87. The summed E-state index contributed by atoms with van der Waals surface area (Å²) in [6.07, 6.45) is 1.12. The SMILES string of the molecule is C[C@@H]1C[C@H](OC(F)F)CCN1. The fraction of sp³-hybridized carbons (Fsp3) is 1.00. The molecule has 0 bridgehead atoms. The van der Waals surface area contributed by atoms with E-state index in [0.717, 1.165) is 6.54 Å². The summed E-state index contributed by atoms with van der Waals surface area (Å²) in [4.78, 5) is 0. The molecular weight excluding hydrogens is 152 g/mol. The van der Waals surface area contributed by atoms with Crippen LogP contribution in [0.15, 0.2) is 0 Å². The van der Waals surface area contributed by atoms with Crippen LogP contribution >= 0.6 is 0 Å². The summed E-state index contributed by atoms with van der Waals surface area (Å²) in [6, 6.07) is 0.299. The summed E-state index contributed by atoms with van der Waals surface area (Å²) < 4.78 is 27.8. The molecule has 4 heteroatoms. The van der Waals surface area contributed by atoms with Crippen LogP contribution in [0.4, 0.5) is 8.78 Å². The molecule has 1 aliphatic heterocycles. The van der Waals surface area contributed by atoms with Gasteiger partial charge >= 0.3 is 6.61 Å². The lowest BCUT2D eigenvalue weighted by molar-refractivity contribution is -0.170. The molecule has 0 aliphatic carbocycles. The zero-order valence-electron chi connectivity index (χ0n) is 6.52. The Morgan fingerprint density at radius 1 is 1.55 bits per heavy atom. The Hall–Kier alpha value is -0.220. The van der Waals surface area contributed by atoms with Crippen molar-refractivity contribution in [1.29, 1.82) is 0 Å². The zero-order chi connectivity index (χ0) is 8.27. The Morgan fingerprint density at radius 2 is 2.27 bits per heavy atom. The van der Waals surface area contributed by atoms with Gasteiger partial charge in [0.1, 0.15) is 0 Å². The third-order valence-corrected chi connectivity index (χ3v) is 1.87. The molecule has 0 radical (unpaired) electrons. The maximum atomic E-state index is 11.7. The summed E-state index contributed by atoms with van der Waals surface area (Å²) >= 11 is 0. The average molecular weight is 165 g/mol. The molecule has 0 unspecified atom stereocenters. The van der Waals surface area contributed by atoms with Gasteiger partial charge in [0.15, 0.2) is 0 Å². The monoisotopic (exact) mass is 165 g/mol. The molecule has 1 aliphatic rings. The standard InChI is InChI=1S/C7H13F2NO/c1-5-4-6(2-3-10-5)11-7(8)9/h5-7,10H,2-4H2,1H3/t5-,6-/m1/s1. The van der Waals surface area contributed by atoms with E-state index < -0.39 is 6.61 Å². The molecule has 0 aromatic carbocycles. The van der Waals surface area contributed by atoms with Crippen molar-refractivity contribution in [2.24, 2.45) is 0 Å². The van der Waals surface area contributed by atoms with E-state index in [1.807, 2.05) is 6.92 Å². The molecule has 0 spiro atoms. The van der Waals surface area contributed by atoms with E-state index >= 15 is 0 Å². The number of hydrogen-bond donors (Lipinski definition) is 1. The van der Waals surface area contributed by atoms with Gasteiger partial charge in [-0.2, -0.15) is 8.78 Å². The van der Waals surface area contributed by atoms with Crippen LogP contribution in [-0.4, -0.2) is 25.3 Å². The second-order valence-electron chi connectivity index (χ2n) is 2.90. The number of halogens is 2. The Bertz CT molecular complexity index is 119. The van der Waals surface area contributed by atoms with Gasteiger partial charge < -0.3 is 10.1 Å². The quantitative estimate of drug-likeness (QED) is 0.667. The van der Waals surface area contributed by atoms with E-state index in [1.54, 1.807) is 0 Å². The van der Waals surface area contributed by atoms with Crippen LogP contribution in [0.1, 0.15) is 19.8 Å². The van der Waals surface area contributed by atoms with E-state index in [9.17, 15) is 8.78 Å². The van der Waals surface area contributed by atoms with Crippen molar-refractivity contribution in [2.45, 2.75) is 38.5 Å². The van der Waals surface area contributed by atoms with Crippen LogP contribution in [-0.2, 0) is 4.74 Å². The van der Waals surface area contributed by atoms with Crippen LogP contribution < -0.4 is 5.32 Å². The van der Waals surface area contributed by atoms with Gasteiger partial charge in [-0.3, -0.25) is 0 Å². The predicted molar refractivity (Wildman–Crippen MR) is 37.6 cm³/mol. The van der Waals surface area contributed by atoms with E-state index in [-0.39, 0.29) is 6.10 Å². The van der Waals surface area contributed by atoms with Gasteiger partial charge in [-0.1, -0.05) is 0 Å². The second-order valence-corrected chi connectivity index (χ2v) is 2.90. The van der Waals surface area contributed by atoms with Crippen molar-refractivity contribution in [3.05, 3.63) is 0 Å². The summed E-state index contributed by atoms with van der Waals surface area (Å²) in [6.45, 7) is 0.129. The fourth-order valence-corrected chi connectivity index (χ4v) is 1.36. The zero-order valence-corrected chi connectivity index (χ0v) is 6.52. The first kappa shape index (κ1) is 8.87. The molecule has 0 aromatic rings. The highest BCUT2D eigenvalue weighted by molar-refractivity contribution is 4.74. The van der Waals surface area contributed by atoms with Gasteiger partial charge in [0.2, 0.25) is 0 Å². The normalized spacial score (nSPS) is 32.7. The first-order valence-corrected chi connectivity index (χ1v) is 3.85.